The largest absolute Gasteiger partial charge is 0.338 e. The van der Waals surface area contributed by atoms with E-state index in [2.05, 4.69) is 34.0 Å². The van der Waals surface area contributed by atoms with Gasteiger partial charge in [0.25, 0.3) is 0 Å². The number of carbonyl (C=O) groups excluding carboxylic acids is 1. The van der Waals surface area contributed by atoms with Gasteiger partial charge in [0.1, 0.15) is 0 Å². The Morgan fingerprint density at radius 2 is 2.27 bits per heavy atom. The second-order valence-electron chi connectivity index (χ2n) is 3.32. The first-order valence-corrected chi connectivity index (χ1v) is 5.94. The minimum Gasteiger partial charge on any atom is -0.338 e. The summed E-state index contributed by atoms with van der Waals surface area (Å²) >= 11 is 2.27. The highest BCUT2D eigenvalue weighted by molar-refractivity contribution is 14.1. The molecule has 2 amide bonds. The van der Waals surface area contributed by atoms with Crippen molar-refractivity contribution in [2.75, 3.05) is 13.6 Å². The molecule has 0 aromatic heterocycles. The van der Waals surface area contributed by atoms with Crippen LogP contribution in [0.15, 0.2) is 24.3 Å². The molecule has 1 aromatic rings. The van der Waals surface area contributed by atoms with Crippen LogP contribution >= 0.6 is 22.6 Å². The third-order valence-corrected chi connectivity index (χ3v) is 2.65. The second kappa shape index (κ2) is 5.95. The molecule has 1 N–H and O–H groups in total. The average molecular weight is 318 g/mol. The van der Waals surface area contributed by atoms with Gasteiger partial charge in [-0.3, -0.25) is 0 Å². The molecule has 1 aromatic carbocycles. The van der Waals surface area contributed by atoms with Crippen LogP contribution in [0.2, 0.25) is 0 Å². The van der Waals surface area contributed by atoms with E-state index in [1.54, 1.807) is 11.9 Å². The van der Waals surface area contributed by atoms with Gasteiger partial charge in [-0.2, -0.15) is 0 Å². The highest BCUT2D eigenvalue weighted by Crippen LogP contribution is 2.09. The molecule has 0 aliphatic heterocycles. The summed E-state index contributed by atoms with van der Waals surface area (Å²) in [6, 6.07) is 8.11. The summed E-state index contributed by atoms with van der Waals surface area (Å²) in [6.07, 6.45) is 0. The third-order valence-electron chi connectivity index (χ3n) is 1.98. The lowest BCUT2D eigenvalue weighted by Gasteiger charge is -2.17. The van der Waals surface area contributed by atoms with Gasteiger partial charge < -0.3 is 10.2 Å². The summed E-state index contributed by atoms with van der Waals surface area (Å²) in [4.78, 5) is 13.1. The standard InChI is InChI=1S/C11H15IN2O/c1-3-13-11(15)14(2)8-9-5-4-6-10(12)7-9/h4-7H,3,8H2,1-2H3,(H,13,15). The molecule has 0 spiro atoms. The van der Waals surface area contributed by atoms with Crippen LogP contribution in [0, 0.1) is 3.57 Å². The molecule has 82 valence electrons. The van der Waals surface area contributed by atoms with Gasteiger partial charge in [-0.1, -0.05) is 12.1 Å². The number of hydrogen-bond acceptors (Lipinski definition) is 1. The molecule has 0 radical (unpaired) electrons. The van der Waals surface area contributed by atoms with E-state index < -0.39 is 0 Å². The fourth-order valence-electron chi connectivity index (χ4n) is 1.27. The van der Waals surface area contributed by atoms with Crippen LogP contribution in [0.5, 0.6) is 0 Å². The number of carbonyl (C=O) groups is 1. The van der Waals surface area contributed by atoms with E-state index >= 15 is 0 Å². The first-order valence-electron chi connectivity index (χ1n) is 4.87. The number of benzene rings is 1. The fraction of sp³-hybridized carbons (Fsp3) is 0.364. The summed E-state index contributed by atoms with van der Waals surface area (Å²) in [5.74, 6) is 0. The summed E-state index contributed by atoms with van der Waals surface area (Å²) in [5, 5.41) is 2.77. The van der Waals surface area contributed by atoms with E-state index in [1.165, 1.54) is 3.57 Å². The highest BCUT2D eigenvalue weighted by atomic mass is 127. The zero-order chi connectivity index (χ0) is 11.3. The van der Waals surface area contributed by atoms with Crippen LogP contribution in [0.25, 0.3) is 0 Å². The molecule has 0 fully saturated rings. The number of hydrogen-bond donors (Lipinski definition) is 1. The number of urea groups is 1. The maximum atomic E-state index is 11.4. The SMILES string of the molecule is CCNC(=O)N(C)Cc1cccc(I)c1. The summed E-state index contributed by atoms with van der Waals surface area (Å²) in [6.45, 7) is 3.22. The van der Waals surface area contributed by atoms with Crippen molar-refractivity contribution in [3.8, 4) is 0 Å². The van der Waals surface area contributed by atoms with Crippen molar-refractivity contribution in [1.29, 1.82) is 0 Å². The van der Waals surface area contributed by atoms with Gasteiger partial charge in [0, 0.05) is 23.7 Å². The number of nitrogens with one attached hydrogen (secondary N) is 1. The van der Waals surface area contributed by atoms with E-state index in [0.717, 1.165) is 5.56 Å². The average Bonchev–Trinajstić information content (AvgIpc) is 2.18. The van der Waals surface area contributed by atoms with Crippen molar-refractivity contribution < 1.29 is 4.79 Å². The van der Waals surface area contributed by atoms with Crippen LogP contribution < -0.4 is 5.32 Å². The van der Waals surface area contributed by atoms with Crippen molar-refractivity contribution >= 4 is 28.6 Å². The summed E-state index contributed by atoms with van der Waals surface area (Å²) < 4.78 is 1.19. The van der Waals surface area contributed by atoms with Crippen LogP contribution in [-0.2, 0) is 6.54 Å². The predicted molar refractivity (Wildman–Crippen MR) is 69.7 cm³/mol. The molecule has 0 bridgehead atoms. The third kappa shape index (κ3) is 4.07. The van der Waals surface area contributed by atoms with Crippen molar-refractivity contribution in [3.63, 3.8) is 0 Å². The fourth-order valence-corrected chi connectivity index (χ4v) is 1.87. The lowest BCUT2D eigenvalue weighted by Crippen LogP contribution is -2.36. The Labute approximate surface area is 104 Å². The molecular formula is C11H15IN2O. The molecule has 0 aliphatic carbocycles. The van der Waals surface area contributed by atoms with E-state index in [4.69, 9.17) is 0 Å². The monoisotopic (exact) mass is 318 g/mol. The van der Waals surface area contributed by atoms with Gasteiger partial charge in [-0.05, 0) is 47.2 Å². The van der Waals surface area contributed by atoms with Gasteiger partial charge >= 0.3 is 6.03 Å². The highest BCUT2D eigenvalue weighted by Gasteiger charge is 2.06. The molecule has 3 nitrogen and oxygen atoms in total. The Bertz CT molecular complexity index is 341. The lowest BCUT2D eigenvalue weighted by atomic mass is 10.2. The zero-order valence-electron chi connectivity index (χ0n) is 8.96. The van der Waals surface area contributed by atoms with Crippen LogP contribution in [0.1, 0.15) is 12.5 Å². The Morgan fingerprint density at radius 3 is 2.87 bits per heavy atom. The molecule has 15 heavy (non-hydrogen) atoms. The van der Waals surface area contributed by atoms with E-state index in [9.17, 15) is 4.79 Å². The molecule has 0 unspecified atom stereocenters. The smallest absolute Gasteiger partial charge is 0.317 e. The first kappa shape index (κ1) is 12.3. The molecule has 0 heterocycles. The lowest BCUT2D eigenvalue weighted by molar-refractivity contribution is 0.207. The Kier molecular flexibility index (Phi) is 4.87. The second-order valence-corrected chi connectivity index (χ2v) is 4.57. The molecule has 0 atom stereocenters. The van der Waals surface area contributed by atoms with Gasteiger partial charge in [0.15, 0.2) is 0 Å². The molecule has 4 heteroatoms. The predicted octanol–water partition coefficient (Wildman–Crippen LogP) is 2.45. The van der Waals surface area contributed by atoms with Gasteiger partial charge in [0.05, 0.1) is 0 Å². The van der Waals surface area contributed by atoms with Crippen LogP contribution in [0.3, 0.4) is 0 Å². The summed E-state index contributed by atoms with van der Waals surface area (Å²) in [7, 11) is 1.80. The van der Waals surface area contributed by atoms with Crippen LogP contribution in [0.4, 0.5) is 4.79 Å². The Hall–Kier alpha value is -0.780. The van der Waals surface area contributed by atoms with Crippen molar-refractivity contribution in [3.05, 3.63) is 33.4 Å². The number of nitrogens with zero attached hydrogens (tertiary/aromatic N) is 1. The number of amides is 2. The quantitative estimate of drug-likeness (QED) is 0.853. The molecule has 0 saturated heterocycles. The number of halogens is 1. The zero-order valence-corrected chi connectivity index (χ0v) is 11.1. The van der Waals surface area contributed by atoms with Crippen molar-refractivity contribution in [2.24, 2.45) is 0 Å². The van der Waals surface area contributed by atoms with Gasteiger partial charge in [-0.15, -0.1) is 0 Å². The maximum absolute atomic E-state index is 11.4. The topological polar surface area (TPSA) is 32.3 Å². The molecule has 0 aliphatic rings. The molecule has 0 saturated carbocycles. The Morgan fingerprint density at radius 1 is 1.53 bits per heavy atom. The van der Waals surface area contributed by atoms with E-state index in [-0.39, 0.29) is 6.03 Å². The van der Waals surface area contributed by atoms with Crippen molar-refractivity contribution in [2.45, 2.75) is 13.5 Å². The molecule has 1 rings (SSSR count). The first-order chi connectivity index (χ1) is 7.13. The van der Waals surface area contributed by atoms with Crippen LogP contribution in [-0.4, -0.2) is 24.5 Å². The Balaban J connectivity index is 2.58. The summed E-state index contributed by atoms with van der Waals surface area (Å²) in [5.41, 5.74) is 1.15. The van der Waals surface area contributed by atoms with Gasteiger partial charge in [0.2, 0.25) is 0 Å². The minimum atomic E-state index is -0.0311. The molecular weight excluding hydrogens is 303 g/mol. The van der Waals surface area contributed by atoms with E-state index in [1.807, 2.05) is 25.1 Å². The van der Waals surface area contributed by atoms with Gasteiger partial charge in [-0.25, -0.2) is 4.79 Å². The maximum Gasteiger partial charge on any atom is 0.317 e. The number of rotatable bonds is 3. The normalized spacial score (nSPS) is 9.80. The van der Waals surface area contributed by atoms with E-state index in [0.29, 0.717) is 13.1 Å². The minimum absolute atomic E-state index is 0.0311. The van der Waals surface area contributed by atoms with Crippen molar-refractivity contribution in [1.82, 2.24) is 10.2 Å².